The summed E-state index contributed by atoms with van der Waals surface area (Å²) in [5.74, 6) is -0.175. The highest BCUT2D eigenvalue weighted by Crippen LogP contribution is 2.08. The van der Waals surface area contributed by atoms with Crippen molar-refractivity contribution in [1.82, 2.24) is 5.32 Å². The average molecular weight is 243 g/mol. The fourth-order valence-corrected chi connectivity index (χ4v) is 1.64. The van der Waals surface area contributed by atoms with Crippen molar-refractivity contribution in [3.63, 3.8) is 0 Å². The van der Waals surface area contributed by atoms with E-state index in [9.17, 15) is 8.60 Å². The molecule has 1 aromatic carbocycles. The van der Waals surface area contributed by atoms with Crippen LogP contribution in [0.2, 0.25) is 0 Å². The van der Waals surface area contributed by atoms with Gasteiger partial charge in [0.2, 0.25) is 0 Å². The Kier molecular flexibility index (Phi) is 5.09. The molecule has 4 heteroatoms. The lowest BCUT2D eigenvalue weighted by molar-refractivity contribution is 0.609. The molecule has 1 N–H and O–H groups in total. The zero-order valence-corrected chi connectivity index (χ0v) is 10.7. The SMILES string of the molecule is Cc1ccc(CNCC(C)S(C)=O)cc1F. The van der Waals surface area contributed by atoms with Gasteiger partial charge in [-0.05, 0) is 31.0 Å². The molecule has 0 aliphatic rings. The summed E-state index contributed by atoms with van der Waals surface area (Å²) in [5, 5.41) is 3.29. The standard InChI is InChI=1S/C12H18FNOS/c1-9-4-5-11(6-12(9)13)8-14-7-10(2)16(3)15/h4-6,10,14H,7-8H2,1-3H3. The molecular formula is C12H18FNOS. The molecule has 1 rings (SSSR count). The minimum absolute atomic E-state index is 0.121. The van der Waals surface area contributed by atoms with Gasteiger partial charge in [0.05, 0.1) is 0 Å². The number of rotatable bonds is 5. The highest BCUT2D eigenvalue weighted by molar-refractivity contribution is 7.84. The number of hydrogen-bond donors (Lipinski definition) is 1. The molecule has 16 heavy (non-hydrogen) atoms. The van der Waals surface area contributed by atoms with E-state index in [-0.39, 0.29) is 11.1 Å². The Morgan fingerprint density at radius 1 is 1.50 bits per heavy atom. The van der Waals surface area contributed by atoms with Gasteiger partial charge in [0, 0.05) is 35.4 Å². The van der Waals surface area contributed by atoms with Gasteiger partial charge in [0.15, 0.2) is 0 Å². The molecule has 0 amide bonds. The van der Waals surface area contributed by atoms with E-state index in [0.717, 1.165) is 5.56 Å². The highest BCUT2D eigenvalue weighted by atomic mass is 32.2. The lowest BCUT2D eigenvalue weighted by Crippen LogP contribution is -2.27. The molecule has 90 valence electrons. The zero-order valence-electron chi connectivity index (χ0n) is 9.92. The van der Waals surface area contributed by atoms with Crippen LogP contribution >= 0.6 is 0 Å². The van der Waals surface area contributed by atoms with E-state index in [2.05, 4.69) is 5.32 Å². The Labute approximate surface area is 98.7 Å². The minimum Gasteiger partial charge on any atom is -0.311 e. The molecule has 2 nitrogen and oxygen atoms in total. The summed E-state index contributed by atoms with van der Waals surface area (Å²) in [6.45, 7) is 4.96. The van der Waals surface area contributed by atoms with E-state index in [1.807, 2.05) is 13.0 Å². The largest absolute Gasteiger partial charge is 0.311 e. The van der Waals surface area contributed by atoms with Gasteiger partial charge in [-0.25, -0.2) is 4.39 Å². The monoisotopic (exact) mass is 243 g/mol. The number of hydrogen-bond acceptors (Lipinski definition) is 2. The van der Waals surface area contributed by atoms with E-state index in [0.29, 0.717) is 18.7 Å². The number of nitrogens with one attached hydrogen (secondary N) is 1. The summed E-state index contributed by atoms with van der Waals surface area (Å²) in [4.78, 5) is 0. The number of benzene rings is 1. The number of aryl methyl sites for hydroxylation is 1. The first kappa shape index (κ1) is 13.3. The molecular weight excluding hydrogens is 225 g/mol. The van der Waals surface area contributed by atoms with Crippen LogP contribution in [-0.4, -0.2) is 22.3 Å². The van der Waals surface area contributed by atoms with Gasteiger partial charge < -0.3 is 5.32 Å². The Hall–Kier alpha value is -0.740. The zero-order chi connectivity index (χ0) is 12.1. The van der Waals surface area contributed by atoms with E-state index in [4.69, 9.17) is 0 Å². The second-order valence-electron chi connectivity index (χ2n) is 4.02. The minimum atomic E-state index is -0.813. The van der Waals surface area contributed by atoms with Crippen molar-refractivity contribution in [3.8, 4) is 0 Å². The van der Waals surface area contributed by atoms with Crippen LogP contribution in [0, 0.1) is 12.7 Å². The highest BCUT2D eigenvalue weighted by Gasteiger charge is 2.05. The fraction of sp³-hybridized carbons (Fsp3) is 0.500. The first-order valence-electron chi connectivity index (χ1n) is 5.28. The van der Waals surface area contributed by atoms with Crippen LogP contribution in [0.3, 0.4) is 0 Å². The Morgan fingerprint density at radius 2 is 2.19 bits per heavy atom. The van der Waals surface area contributed by atoms with Crippen LogP contribution < -0.4 is 5.32 Å². The Morgan fingerprint density at radius 3 is 2.75 bits per heavy atom. The predicted octanol–water partition coefficient (Wildman–Crippen LogP) is 1.99. The molecule has 0 aliphatic carbocycles. The molecule has 0 aromatic heterocycles. The molecule has 0 spiro atoms. The van der Waals surface area contributed by atoms with Crippen LogP contribution in [0.5, 0.6) is 0 Å². The van der Waals surface area contributed by atoms with Gasteiger partial charge in [0.25, 0.3) is 0 Å². The van der Waals surface area contributed by atoms with Gasteiger partial charge >= 0.3 is 0 Å². The maximum Gasteiger partial charge on any atom is 0.126 e. The van der Waals surface area contributed by atoms with E-state index in [1.54, 1.807) is 19.2 Å². The van der Waals surface area contributed by atoms with Crippen LogP contribution in [0.25, 0.3) is 0 Å². The van der Waals surface area contributed by atoms with Crippen LogP contribution in [0.1, 0.15) is 18.1 Å². The summed E-state index contributed by atoms with van der Waals surface area (Å²) >= 11 is 0. The second-order valence-corrected chi connectivity index (χ2v) is 5.83. The first-order valence-corrected chi connectivity index (χ1v) is 6.91. The van der Waals surface area contributed by atoms with Crippen LogP contribution in [-0.2, 0) is 17.3 Å². The predicted molar refractivity (Wildman–Crippen MR) is 66.4 cm³/mol. The topological polar surface area (TPSA) is 29.1 Å². The fourth-order valence-electron chi connectivity index (χ4n) is 1.28. The third-order valence-corrected chi connectivity index (χ3v) is 3.86. The van der Waals surface area contributed by atoms with Crippen LogP contribution in [0.4, 0.5) is 4.39 Å². The summed E-state index contributed by atoms with van der Waals surface area (Å²) < 4.78 is 24.3. The summed E-state index contributed by atoms with van der Waals surface area (Å²) in [6, 6.07) is 5.21. The molecule has 1 aromatic rings. The Bertz CT molecular complexity index is 381. The average Bonchev–Trinajstić information content (AvgIpc) is 2.23. The molecule has 0 saturated heterocycles. The normalized spacial score (nSPS) is 14.8. The smallest absolute Gasteiger partial charge is 0.126 e. The van der Waals surface area contributed by atoms with Gasteiger partial charge in [-0.1, -0.05) is 12.1 Å². The van der Waals surface area contributed by atoms with Gasteiger partial charge in [0.1, 0.15) is 5.82 Å². The van der Waals surface area contributed by atoms with Crippen molar-refractivity contribution >= 4 is 10.8 Å². The first-order chi connectivity index (χ1) is 7.50. The van der Waals surface area contributed by atoms with Crippen molar-refractivity contribution in [1.29, 1.82) is 0 Å². The van der Waals surface area contributed by atoms with Crippen molar-refractivity contribution in [2.24, 2.45) is 0 Å². The summed E-state index contributed by atoms with van der Waals surface area (Å²) in [6.07, 6.45) is 1.69. The quantitative estimate of drug-likeness (QED) is 0.857. The van der Waals surface area contributed by atoms with Crippen molar-refractivity contribution < 1.29 is 8.60 Å². The maximum atomic E-state index is 13.2. The number of halogens is 1. The van der Waals surface area contributed by atoms with Gasteiger partial charge in [-0.2, -0.15) is 0 Å². The molecule has 0 fully saturated rings. The molecule has 0 bridgehead atoms. The van der Waals surface area contributed by atoms with E-state index < -0.39 is 10.8 Å². The second kappa shape index (κ2) is 6.11. The molecule has 0 aliphatic heterocycles. The molecule has 0 heterocycles. The van der Waals surface area contributed by atoms with Crippen molar-refractivity contribution in [2.45, 2.75) is 25.6 Å². The van der Waals surface area contributed by atoms with E-state index >= 15 is 0 Å². The molecule has 0 radical (unpaired) electrons. The lowest BCUT2D eigenvalue weighted by Gasteiger charge is -2.10. The summed E-state index contributed by atoms with van der Waals surface area (Å²) in [7, 11) is -0.813. The maximum absolute atomic E-state index is 13.2. The molecule has 0 saturated carbocycles. The third-order valence-electron chi connectivity index (χ3n) is 2.56. The third kappa shape index (κ3) is 4.02. The summed E-state index contributed by atoms with van der Waals surface area (Å²) in [5.41, 5.74) is 1.57. The Balaban J connectivity index is 2.43. The van der Waals surface area contributed by atoms with Gasteiger partial charge in [-0.15, -0.1) is 0 Å². The van der Waals surface area contributed by atoms with E-state index in [1.165, 1.54) is 6.07 Å². The van der Waals surface area contributed by atoms with Crippen molar-refractivity contribution in [3.05, 3.63) is 35.1 Å². The van der Waals surface area contributed by atoms with Crippen LogP contribution in [0.15, 0.2) is 18.2 Å². The van der Waals surface area contributed by atoms with Crippen molar-refractivity contribution in [2.75, 3.05) is 12.8 Å². The van der Waals surface area contributed by atoms with Gasteiger partial charge in [-0.3, -0.25) is 4.21 Å². The lowest BCUT2D eigenvalue weighted by atomic mass is 10.1. The molecule has 2 unspecified atom stereocenters. The molecule has 2 atom stereocenters.